The van der Waals surface area contributed by atoms with Gasteiger partial charge in [-0.15, -0.1) is 0 Å². The van der Waals surface area contributed by atoms with E-state index in [4.69, 9.17) is 16.2 Å². The van der Waals surface area contributed by atoms with Gasteiger partial charge in [-0.2, -0.15) is 0 Å². The lowest BCUT2D eigenvalue weighted by atomic mass is 9.85. The second-order valence-electron chi connectivity index (χ2n) is 5.52. The van der Waals surface area contributed by atoms with E-state index in [0.717, 1.165) is 38.5 Å². The predicted molar refractivity (Wildman–Crippen MR) is 70.0 cm³/mol. The van der Waals surface area contributed by atoms with Crippen molar-refractivity contribution in [2.45, 2.75) is 56.8 Å². The Kier molecular flexibility index (Phi) is 4.76. The van der Waals surface area contributed by atoms with Gasteiger partial charge in [-0.1, -0.05) is 0 Å². The van der Waals surface area contributed by atoms with Gasteiger partial charge >= 0.3 is 0 Å². The molecular formula is C13H23N3O3. The molecule has 1 heterocycles. The topological polar surface area (TPSA) is 107 Å². The van der Waals surface area contributed by atoms with Crippen molar-refractivity contribution in [3.05, 3.63) is 0 Å². The molecule has 0 spiro atoms. The summed E-state index contributed by atoms with van der Waals surface area (Å²) in [7, 11) is 0. The monoisotopic (exact) mass is 269 g/mol. The standard InChI is InChI=1S/C13H23N3O3/c14-7-10-5-6-11(19-10)13(18)16-9-3-1-8(2-4-9)12(15)17/h8-11H,1-7,14H2,(H2,15,17)(H,16,18). The highest BCUT2D eigenvalue weighted by Crippen LogP contribution is 2.25. The third-order valence-corrected chi connectivity index (χ3v) is 4.14. The van der Waals surface area contributed by atoms with Gasteiger partial charge in [0.15, 0.2) is 0 Å². The zero-order chi connectivity index (χ0) is 13.8. The van der Waals surface area contributed by atoms with Crippen LogP contribution in [0.4, 0.5) is 0 Å². The van der Waals surface area contributed by atoms with E-state index in [1.54, 1.807) is 0 Å². The van der Waals surface area contributed by atoms with E-state index >= 15 is 0 Å². The number of rotatable bonds is 4. The number of hydrogen-bond donors (Lipinski definition) is 3. The summed E-state index contributed by atoms with van der Waals surface area (Å²) in [5.74, 6) is -0.300. The summed E-state index contributed by atoms with van der Waals surface area (Å²) in [6.45, 7) is 0.466. The van der Waals surface area contributed by atoms with Gasteiger partial charge in [-0.3, -0.25) is 9.59 Å². The largest absolute Gasteiger partial charge is 0.369 e. The molecular weight excluding hydrogens is 246 g/mol. The van der Waals surface area contributed by atoms with E-state index in [9.17, 15) is 9.59 Å². The Morgan fingerprint density at radius 2 is 1.79 bits per heavy atom. The Bertz CT molecular complexity index is 340. The van der Waals surface area contributed by atoms with Gasteiger partial charge in [0, 0.05) is 18.5 Å². The van der Waals surface area contributed by atoms with Crippen LogP contribution in [0.1, 0.15) is 38.5 Å². The number of amides is 2. The fraction of sp³-hybridized carbons (Fsp3) is 0.846. The summed E-state index contributed by atoms with van der Waals surface area (Å²) in [5, 5.41) is 3.01. The molecule has 2 rings (SSSR count). The number of nitrogens with one attached hydrogen (secondary N) is 1. The maximum Gasteiger partial charge on any atom is 0.249 e. The normalized spacial score (nSPS) is 35.0. The van der Waals surface area contributed by atoms with Crippen LogP contribution in [0.15, 0.2) is 0 Å². The highest BCUT2D eigenvalue weighted by molar-refractivity contribution is 5.81. The van der Waals surface area contributed by atoms with Crippen LogP contribution >= 0.6 is 0 Å². The summed E-state index contributed by atoms with van der Waals surface area (Å²) in [5.41, 5.74) is 10.8. The minimum atomic E-state index is -0.359. The minimum absolute atomic E-state index is 0.0151. The first-order chi connectivity index (χ1) is 9.10. The predicted octanol–water partition coefficient (Wildman–Crippen LogP) is -0.347. The fourth-order valence-corrected chi connectivity index (χ4v) is 2.89. The van der Waals surface area contributed by atoms with Crippen molar-refractivity contribution in [3.8, 4) is 0 Å². The van der Waals surface area contributed by atoms with Gasteiger partial charge < -0.3 is 21.5 Å². The van der Waals surface area contributed by atoms with E-state index < -0.39 is 0 Å². The number of hydrogen-bond acceptors (Lipinski definition) is 4. The first kappa shape index (κ1) is 14.3. The lowest BCUT2D eigenvalue weighted by molar-refractivity contribution is -0.132. The van der Waals surface area contributed by atoms with Gasteiger partial charge in [-0.05, 0) is 38.5 Å². The molecule has 0 bridgehead atoms. The zero-order valence-corrected chi connectivity index (χ0v) is 11.1. The molecule has 6 nitrogen and oxygen atoms in total. The third kappa shape index (κ3) is 3.67. The molecule has 0 aromatic heterocycles. The molecule has 108 valence electrons. The number of carbonyl (C=O) groups excluding carboxylic acids is 2. The molecule has 1 saturated carbocycles. The molecule has 1 aliphatic heterocycles. The van der Waals surface area contributed by atoms with Crippen molar-refractivity contribution in [1.29, 1.82) is 0 Å². The molecule has 6 heteroatoms. The Balaban J connectivity index is 1.73. The van der Waals surface area contributed by atoms with E-state index in [1.807, 2.05) is 0 Å². The number of nitrogens with two attached hydrogens (primary N) is 2. The van der Waals surface area contributed by atoms with Crippen molar-refractivity contribution in [2.75, 3.05) is 6.54 Å². The number of carbonyl (C=O) groups is 2. The van der Waals surface area contributed by atoms with Crippen molar-refractivity contribution in [1.82, 2.24) is 5.32 Å². The minimum Gasteiger partial charge on any atom is -0.369 e. The summed E-state index contributed by atoms with van der Waals surface area (Å²) in [4.78, 5) is 23.1. The molecule has 2 unspecified atom stereocenters. The van der Waals surface area contributed by atoms with Crippen molar-refractivity contribution in [2.24, 2.45) is 17.4 Å². The van der Waals surface area contributed by atoms with E-state index in [2.05, 4.69) is 5.32 Å². The third-order valence-electron chi connectivity index (χ3n) is 4.14. The highest BCUT2D eigenvalue weighted by atomic mass is 16.5. The SMILES string of the molecule is NCC1CCC(C(=O)NC2CCC(C(N)=O)CC2)O1. The van der Waals surface area contributed by atoms with Gasteiger partial charge in [0.2, 0.25) is 11.8 Å². The van der Waals surface area contributed by atoms with Crippen LogP contribution in [-0.2, 0) is 14.3 Å². The molecule has 0 aromatic rings. The maximum atomic E-state index is 12.0. The van der Waals surface area contributed by atoms with Crippen LogP contribution in [0.5, 0.6) is 0 Å². The highest BCUT2D eigenvalue weighted by Gasteiger charge is 2.32. The van der Waals surface area contributed by atoms with Crippen LogP contribution < -0.4 is 16.8 Å². The Labute approximate surface area is 113 Å². The summed E-state index contributed by atoms with van der Waals surface area (Å²) in [6, 6.07) is 0.142. The van der Waals surface area contributed by atoms with Gasteiger partial charge in [0.05, 0.1) is 6.10 Å². The van der Waals surface area contributed by atoms with Crippen molar-refractivity contribution >= 4 is 11.8 Å². The van der Waals surface area contributed by atoms with Crippen molar-refractivity contribution in [3.63, 3.8) is 0 Å². The maximum absolute atomic E-state index is 12.0. The van der Waals surface area contributed by atoms with Crippen LogP contribution in [0.3, 0.4) is 0 Å². The molecule has 0 radical (unpaired) electrons. The smallest absolute Gasteiger partial charge is 0.249 e. The molecule has 0 aromatic carbocycles. The number of ether oxygens (including phenoxy) is 1. The van der Waals surface area contributed by atoms with Gasteiger partial charge in [-0.25, -0.2) is 0 Å². The Hall–Kier alpha value is -1.14. The summed E-state index contributed by atoms with van der Waals surface area (Å²) >= 11 is 0. The van der Waals surface area contributed by atoms with Gasteiger partial charge in [0.25, 0.3) is 0 Å². The fourth-order valence-electron chi connectivity index (χ4n) is 2.89. The first-order valence-electron chi connectivity index (χ1n) is 7.05. The van der Waals surface area contributed by atoms with E-state index in [0.29, 0.717) is 6.54 Å². The molecule has 2 fully saturated rings. The summed E-state index contributed by atoms with van der Waals surface area (Å²) in [6.07, 6.45) is 4.39. The molecule has 1 saturated heterocycles. The lowest BCUT2D eigenvalue weighted by Crippen LogP contribution is -2.44. The summed E-state index contributed by atoms with van der Waals surface area (Å²) < 4.78 is 5.56. The number of primary amides is 1. The van der Waals surface area contributed by atoms with Crippen molar-refractivity contribution < 1.29 is 14.3 Å². The van der Waals surface area contributed by atoms with Crippen LogP contribution in [-0.4, -0.2) is 36.6 Å². The Morgan fingerprint density at radius 3 is 2.32 bits per heavy atom. The molecule has 2 amide bonds. The molecule has 2 aliphatic rings. The molecule has 19 heavy (non-hydrogen) atoms. The second kappa shape index (κ2) is 6.34. The average Bonchev–Trinajstić information content (AvgIpc) is 2.88. The molecule has 2 atom stereocenters. The quantitative estimate of drug-likeness (QED) is 0.648. The molecule has 5 N–H and O–H groups in total. The van der Waals surface area contributed by atoms with Crippen LogP contribution in [0.2, 0.25) is 0 Å². The first-order valence-corrected chi connectivity index (χ1v) is 7.05. The van der Waals surface area contributed by atoms with Gasteiger partial charge in [0.1, 0.15) is 6.10 Å². The van der Waals surface area contributed by atoms with E-state index in [1.165, 1.54) is 0 Å². The lowest BCUT2D eigenvalue weighted by Gasteiger charge is -2.28. The van der Waals surface area contributed by atoms with Crippen LogP contribution in [0.25, 0.3) is 0 Å². The van der Waals surface area contributed by atoms with E-state index in [-0.39, 0.29) is 36.0 Å². The Morgan fingerprint density at radius 1 is 1.11 bits per heavy atom. The average molecular weight is 269 g/mol. The zero-order valence-electron chi connectivity index (χ0n) is 11.1. The molecule has 1 aliphatic carbocycles. The van der Waals surface area contributed by atoms with Crippen LogP contribution in [0, 0.1) is 5.92 Å². The second-order valence-corrected chi connectivity index (χ2v) is 5.52.